The van der Waals surface area contributed by atoms with Crippen LogP contribution in [0, 0.1) is 11.8 Å². The first kappa shape index (κ1) is 63.6. The molecular formula is C50H81N3O18P2. The van der Waals surface area contributed by atoms with Gasteiger partial charge < -0.3 is 55.3 Å². The van der Waals surface area contributed by atoms with Gasteiger partial charge in [0.15, 0.2) is 6.10 Å². The van der Waals surface area contributed by atoms with Crippen molar-refractivity contribution in [1.29, 1.82) is 0 Å². The van der Waals surface area contributed by atoms with E-state index >= 15 is 0 Å². The highest BCUT2D eigenvalue weighted by atomic mass is 31.3. The summed E-state index contributed by atoms with van der Waals surface area (Å²) in [5.74, 6) is -4.22. The second-order valence-corrected chi connectivity index (χ2v) is 21.3. The number of aliphatic hydroxyl groups is 5. The lowest BCUT2D eigenvalue weighted by atomic mass is 9.82. The summed E-state index contributed by atoms with van der Waals surface area (Å²) in [6, 6.07) is 1.24. The molecule has 0 aromatic carbocycles. The van der Waals surface area contributed by atoms with Crippen LogP contribution in [0.2, 0.25) is 0 Å². The lowest BCUT2D eigenvalue weighted by molar-refractivity contribution is -0.194. The Balaban J connectivity index is 1.83. The highest BCUT2D eigenvalue weighted by Crippen LogP contribution is 2.60. The number of unbranched alkanes of at least 4 members (excludes halogenated alkanes) is 7. The minimum Gasteiger partial charge on any atom is -0.462 e. The van der Waals surface area contributed by atoms with Crippen molar-refractivity contribution in [2.24, 2.45) is 11.8 Å². The molecule has 1 aromatic rings. The number of anilines is 1. The Kier molecular flexibility index (Phi) is 30.4. The number of rotatable bonds is 21. The van der Waals surface area contributed by atoms with Gasteiger partial charge in [0.2, 0.25) is 0 Å². The molecule has 2 unspecified atom stereocenters. The van der Waals surface area contributed by atoms with E-state index in [1.54, 1.807) is 12.2 Å². The van der Waals surface area contributed by atoms with Crippen molar-refractivity contribution < 1.29 is 81.6 Å². The van der Waals surface area contributed by atoms with Gasteiger partial charge in [0.05, 0.1) is 37.6 Å². The molecule has 3 heterocycles. The van der Waals surface area contributed by atoms with E-state index in [1.165, 1.54) is 43.7 Å². The van der Waals surface area contributed by atoms with E-state index in [9.17, 15) is 58.8 Å². The third kappa shape index (κ3) is 25.6. The van der Waals surface area contributed by atoms with E-state index in [1.807, 2.05) is 19.1 Å². The fraction of sp³-hybridized carbons (Fsp3) is 0.680. The number of carbonyl (C=O) groups is 2. The quantitative estimate of drug-likeness (QED) is 0.0274. The smallest absolute Gasteiger partial charge is 0.462 e. The SMILES string of the molecule is CCCCC/C=C\C/C=C\C/C=C\CCCCC(=O)O[C@@H]1COC(=O)CCC/C=C\C[C@@H]2[C@H](n3ccc(N)nc3=O)O[C@H](COP(=O)(O)OP(=O)(O)OC1)[C@@H](O)[C@@H](O)[C@@H](/C=C/[C@@H](O)CCCCC)[C@H](O)C[C@@H]2O. The summed E-state index contributed by atoms with van der Waals surface area (Å²) in [5, 5.41) is 57.5. The van der Waals surface area contributed by atoms with E-state index in [-0.39, 0.29) is 31.5 Å². The van der Waals surface area contributed by atoms with Gasteiger partial charge in [0.1, 0.15) is 30.9 Å². The van der Waals surface area contributed by atoms with Crippen molar-refractivity contribution >= 4 is 33.4 Å². The Labute approximate surface area is 429 Å². The second kappa shape index (κ2) is 34.8. The number of carbonyl (C=O) groups excluding carboxylic acids is 2. The first-order chi connectivity index (χ1) is 34.9. The maximum Gasteiger partial charge on any atom is 0.481 e. The Morgan fingerprint density at radius 1 is 0.863 bits per heavy atom. The number of phosphoric ester groups is 2. The number of allylic oxidation sites excluding steroid dienone is 8. The van der Waals surface area contributed by atoms with Crippen LogP contribution in [0.1, 0.15) is 142 Å². The number of hydrogen-bond acceptors (Lipinski definition) is 18. The zero-order valence-corrected chi connectivity index (χ0v) is 44.0. The number of hydrogen-bond donors (Lipinski definition) is 8. The molecule has 1 saturated heterocycles. The van der Waals surface area contributed by atoms with Crippen molar-refractivity contribution in [2.75, 3.05) is 25.6 Å². The third-order valence-electron chi connectivity index (χ3n) is 12.1. The number of phosphoric acid groups is 2. The highest BCUT2D eigenvalue weighted by molar-refractivity contribution is 7.61. The summed E-state index contributed by atoms with van der Waals surface area (Å²) in [6.45, 7) is 1.40. The number of nitrogen functional groups attached to an aromatic ring is 1. The molecule has 21 nitrogen and oxygen atoms in total. The van der Waals surface area contributed by atoms with Crippen LogP contribution >= 0.6 is 15.6 Å². The minimum absolute atomic E-state index is 0.0505. The maximum absolute atomic E-state index is 13.4. The minimum atomic E-state index is -5.72. The average Bonchev–Trinajstić information content (AvgIpc) is 3.33. The number of cyclic esters (lactones) is 1. The van der Waals surface area contributed by atoms with E-state index < -0.39 is 120 Å². The molecule has 0 saturated carbocycles. The molecule has 1 aromatic heterocycles. The molecule has 2 aliphatic rings. The van der Waals surface area contributed by atoms with Gasteiger partial charge in [-0.05, 0) is 76.7 Å². The van der Waals surface area contributed by atoms with Gasteiger partial charge >= 0.3 is 33.3 Å². The largest absolute Gasteiger partial charge is 0.481 e. The number of aliphatic hydroxyl groups excluding tert-OH is 5. The average molecular weight is 1070 g/mol. The maximum atomic E-state index is 13.4. The molecule has 0 aliphatic carbocycles. The van der Waals surface area contributed by atoms with Gasteiger partial charge in [0.25, 0.3) is 0 Å². The van der Waals surface area contributed by atoms with Crippen LogP contribution in [0.15, 0.2) is 77.8 Å². The Morgan fingerprint density at radius 2 is 1.51 bits per heavy atom. The number of esters is 2. The van der Waals surface area contributed by atoms with Crippen molar-refractivity contribution in [1.82, 2.24) is 9.55 Å². The summed E-state index contributed by atoms with van der Waals surface area (Å²) in [6.07, 6.45) is 17.1. The fourth-order valence-corrected chi connectivity index (χ4v) is 10.1. The first-order valence-electron chi connectivity index (χ1n) is 25.6. The molecule has 2 bridgehead atoms. The van der Waals surface area contributed by atoms with E-state index in [0.717, 1.165) is 36.7 Å². The van der Waals surface area contributed by atoms with Crippen molar-refractivity contribution in [3.05, 3.63) is 83.5 Å². The number of aromatic nitrogens is 2. The highest BCUT2D eigenvalue weighted by Gasteiger charge is 2.45. The molecule has 23 heteroatoms. The Morgan fingerprint density at radius 3 is 2.18 bits per heavy atom. The van der Waals surface area contributed by atoms with Gasteiger partial charge in [-0.1, -0.05) is 107 Å². The lowest BCUT2D eigenvalue weighted by Gasteiger charge is -2.40. The van der Waals surface area contributed by atoms with Gasteiger partial charge in [0, 0.05) is 37.3 Å². The lowest BCUT2D eigenvalue weighted by Crippen LogP contribution is -2.52. The summed E-state index contributed by atoms with van der Waals surface area (Å²) < 4.78 is 59.0. The number of ether oxygens (including phenoxy) is 3. The van der Waals surface area contributed by atoms with Crippen LogP contribution in [0.3, 0.4) is 0 Å². The molecule has 12 atom stereocenters. The van der Waals surface area contributed by atoms with Crippen LogP contribution in [0.4, 0.5) is 5.82 Å². The van der Waals surface area contributed by atoms with Crippen LogP contribution in [-0.2, 0) is 46.3 Å². The van der Waals surface area contributed by atoms with Crippen molar-refractivity contribution in [3.8, 4) is 0 Å². The molecule has 1 fully saturated rings. The predicted octanol–water partition coefficient (Wildman–Crippen LogP) is 6.71. The number of fused-ring (bicyclic) bond motifs is 3. The summed E-state index contributed by atoms with van der Waals surface area (Å²) in [7, 11) is -11.3. The van der Waals surface area contributed by atoms with Crippen LogP contribution < -0.4 is 11.4 Å². The molecular weight excluding hydrogens is 993 g/mol. The zero-order chi connectivity index (χ0) is 53.7. The zero-order valence-electron chi connectivity index (χ0n) is 42.2. The Bertz CT molecular complexity index is 2080. The van der Waals surface area contributed by atoms with E-state index in [0.29, 0.717) is 38.5 Å². The molecule has 2 aliphatic heterocycles. The standard InChI is InChI=1S/C50H81N3O18P2/c1-3-5-7-8-9-10-11-12-13-14-15-16-17-18-24-28-46(58)69-38-34-66-45(57)27-23-20-19-22-26-40-42(56)33-41(55)39(30-29-37(54)25-21-6-4-2)47(59)48(60)43(36-68-73(64,65)71-72(62,63)67-35-38)70-49(40)53-32-31-44(51)52-50(53)61/h9-10,12-13,15-16,19,22,29-32,37-43,47-49,54-56,59-60H,3-8,11,14,17-18,20-21,23-28,33-36H2,1-2H3,(H,62,63)(H,64,65)(H2,51,52,61)/b10-9-,13-12-,16-15-,22-19-,30-29+/t37-,38+,39-,40-,41+,42-,43+,47-,48+,49+/m0/s1. The molecule has 0 spiro atoms. The Hall–Kier alpha value is -3.66. The molecule has 414 valence electrons. The molecule has 9 N–H and O–H groups in total. The molecule has 0 amide bonds. The molecule has 73 heavy (non-hydrogen) atoms. The number of nitrogens with two attached hydrogens (primary N) is 1. The van der Waals surface area contributed by atoms with Gasteiger partial charge in [-0.25, -0.2) is 13.9 Å². The van der Waals surface area contributed by atoms with Crippen LogP contribution in [0.25, 0.3) is 0 Å². The van der Waals surface area contributed by atoms with Crippen LogP contribution in [-0.4, -0.2) is 119 Å². The van der Waals surface area contributed by atoms with Gasteiger partial charge in [-0.3, -0.25) is 23.2 Å². The number of nitrogens with zero attached hydrogens (tertiary/aromatic N) is 2. The van der Waals surface area contributed by atoms with Crippen molar-refractivity contribution in [2.45, 2.75) is 185 Å². The normalized spacial score (nSPS) is 30.9. The summed E-state index contributed by atoms with van der Waals surface area (Å²) in [4.78, 5) is 64.2. The summed E-state index contributed by atoms with van der Waals surface area (Å²) >= 11 is 0. The molecule has 0 radical (unpaired) electrons. The first-order valence-corrected chi connectivity index (χ1v) is 28.5. The van der Waals surface area contributed by atoms with Crippen LogP contribution in [0.5, 0.6) is 0 Å². The van der Waals surface area contributed by atoms with E-state index in [2.05, 4.69) is 40.5 Å². The fourth-order valence-electron chi connectivity index (χ4n) is 8.00. The monoisotopic (exact) mass is 1070 g/mol. The second-order valence-electron chi connectivity index (χ2n) is 18.3. The predicted molar refractivity (Wildman–Crippen MR) is 272 cm³/mol. The van der Waals surface area contributed by atoms with E-state index in [4.69, 9.17) is 29.0 Å². The van der Waals surface area contributed by atoms with Gasteiger partial charge in [-0.2, -0.15) is 9.29 Å². The topological polar surface area (TPSA) is 326 Å². The summed E-state index contributed by atoms with van der Waals surface area (Å²) in [5.41, 5.74) is 4.77. The molecule has 3 rings (SSSR count). The van der Waals surface area contributed by atoms with Gasteiger partial charge in [-0.15, -0.1) is 0 Å². The third-order valence-corrected chi connectivity index (χ3v) is 14.7. The van der Waals surface area contributed by atoms with Crippen molar-refractivity contribution in [3.63, 3.8) is 0 Å².